The molecule has 1 aliphatic rings. The maximum absolute atomic E-state index is 5.80. The Morgan fingerprint density at radius 1 is 1.14 bits per heavy atom. The predicted molar refractivity (Wildman–Crippen MR) is 121 cm³/mol. The maximum atomic E-state index is 5.80. The van der Waals surface area contributed by atoms with E-state index in [1.807, 2.05) is 55.9 Å². The van der Waals surface area contributed by atoms with Gasteiger partial charge in [-0.15, -0.1) is 34.2 Å². The van der Waals surface area contributed by atoms with Crippen LogP contribution in [0, 0.1) is 6.92 Å². The second-order valence-corrected chi connectivity index (χ2v) is 6.61. The molecule has 0 atom stereocenters. The minimum Gasteiger partial charge on any atom is -0.492 e. The highest BCUT2D eigenvalue weighted by Gasteiger charge is 2.19. The fourth-order valence-corrected chi connectivity index (χ4v) is 3.09. The van der Waals surface area contributed by atoms with Crippen molar-refractivity contribution in [2.24, 2.45) is 12.0 Å². The van der Waals surface area contributed by atoms with E-state index < -0.39 is 0 Å². The zero-order valence-corrected chi connectivity index (χ0v) is 19.2. The number of halogens is 1. The largest absolute Gasteiger partial charge is 0.492 e. The van der Waals surface area contributed by atoms with Gasteiger partial charge in [0.25, 0.3) is 0 Å². The fourth-order valence-electron chi connectivity index (χ4n) is 3.09. The molecule has 0 saturated carbocycles. The number of nitrogens with one attached hydrogen (secondary N) is 1. The Hall–Kier alpha value is -1.88. The number of benzene rings is 1. The lowest BCUT2D eigenvalue weighted by atomic mass is 10.3. The number of ether oxygens (including phenoxy) is 1. The van der Waals surface area contributed by atoms with Gasteiger partial charge in [-0.1, -0.05) is 18.2 Å². The average molecular weight is 499 g/mol. The van der Waals surface area contributed by atoms with E-state index in [0.717, 1.165) is 56.1 Å². The van der Waals surface area contributed by atoms with Gasteiger partial charge in [0.2, 0.25) is 0 Å². The molecule has 1 fully saturated rings. The number of aliphatic imine (C=N–C) groups is 1. The third-order valence-electron chi connectivity index (χ3n) is 4.89. The van der Waals surface area contributed by atoms with Crippen LogP contribution in [0.4, 0.5) is 0 Å². The molecule has 2 aromatic rings. The predicted octanol–water partition coefficient (Wildman–Crippen LogP) is 1.51. The molecule has 1 aromatic heterocycles. The van der Waals surface area contributed by atoms with Gasteiger partial charge in [-0.25, -0.2) is 0 Å². The summed E-state index contributed by atoms with van der Waals surface area (Å²) in [6, 6.07) is 9.97. The van der Waals surface area contributed by atoms with Crippen LogP contribution >= 0.6 is 24.0 Å². The molecule has 8 nitrogen and oxygen atoms in total. The molecular weight excluding hydrogens is 469 g/mol. The van der Waals surface area contributed by atoms with Crippen molar-refractivity contribution in [3.63, 3.8) is 0 Å². The lowest BCUT2D eigenvalue weighted by molar-refractivity contribution is 0.152. The lowest BCUT2D eigenvalue weighted by Crippen LogP contribution is -2.53. The molecule has 1 saturated heterocycles. The van der Waals surface area contributed by atoms with Crippen LogP contribution in [-0.4, -0.2) is 76.9 Å². The maximum Gasteiger partial charge on any atom is 0.194 e. The Kier molecular flexibility index (Phi) is 8.97. The molecule has 2 heterocycles. The number of guanidine groups is 1. The Morgan fingerprint density at radius 2 is 1.86 bits per heavy atom. The van der Waals surface area contributed by atoms with Crippen LogP contribution < -0.4 is 10.1 Å². The fraction of sp³-hybridized carbons (Fsp3) is 0.526. The van der Waals surface area contributed by atoms with E-state index in [2.05, 4.69) is 30.3 Å². The van der Waals surface area contributed by atoms with Crippen molar-refractivity contribution < 1.29 is 4.74 Å². The van der Waals surface area contributed by atoms with Crippen molar-refractivity contribution >= 4 is 29.9 Å². The van der Waals surface area contributed by atoms with Gasteiger partial charge in [-0.2, -0.15) is 0 Å². The summed E-state index contributed by atoms with van der Waals surface area (Å²) >= 11 is 0. The molecule has 9 heteroatoms. The Morgan fingerprint density at radius 3 is 2.46 bits per heavy atom. The number of rotatable bonds is 6. The molecule has 28 heavy (non-hydrogen) atoms. The number of hydrogen-bond acceptors (Lipinski definition) is 5. The lowest BCUT2D eigenvalue weighted by Gasteiger charge is -2.36. The number of aryl methyl sites for hydroxylation is 1. The van der Waals surface area contributed by atoms with Crippen LogP contribution in [0.1, 0.15) is 11.6 Å². The third-order valence-corrected chi connectivity index (χ3v) is 4.89. The Balaban J connectivity index is 0.00000280. The van der Waals surface area contributed by atoms with Crippen molar-refractivity contribution in [2.45, 2.75) is 13.5 Å². The first-order chi connectivity index (χ1) is 13.2. The summed E-state index contributed by atoms with van der Waals surface area (Å²) in [6.07, 6.45) is 0. The minimum absolute atomic E-state index is 0. The molecule has 0 radical (unpaired) electrons. The molecular formula is C19H30IN7O. The first-order valence-corrected chi connectivity index (χ1v) is 9.38. The molecule has 0 amide bonds. The molecule has 0 aliphatic carbocycles. The zero-order chi connectivity index (χ0) is 19.1. The first-order valence-electron chi connectivity index (χ1n) is 9.38. The molecule has 3 rings (SSSR count). The van der Waals surface area contributed by atoms with Gasteiger partial charge in [0, 0.05) is 46.8 Å². The standard InChI is InChI=1S/C19H29N7O.HI/c1-16-22-23-18(24(16)3)15-21-19(20-2)26-11-9-25(10-12-26)13-14-27-17-7-5-4-6-8-17;/h4-8H,9-15H2,1-3H3,(H,20,21);1H. The number of piperazine rings is 1. The number of hydrogen-bond donors (Lipinski definition) is 1. The van der Waals surface area contributed by atoms with E-state index in [4.69, 9.17) is 4.74 Å². The Bertz CT molecular complexity index is 742. The molecule has 0 spiro atoms. The number of aromatic nitrogens is 3. The van der Waals surface area contributed by atoms with Gasteiger partial charge in [-0.3, -0.25) is 9.89 Å². The van der Waals surface area contributed by atoms with Crippen LogP contribution in [0.25, 0.3) is 0 Å². The van der Waals surface area contributed by atoms with E-state index in [1.54, 1.807) is 0 Å². The van der Waals surface area contributed by atoms with Crippen LogP contribution in [0.15, 0.2) is 35.3 Å². The quantitative estimate of drug-likeness (QED) is 0.369. The molecule has 1 aliphatic heterocycles. The molecule has 1 N–H and O–H groups in total. The third kappa shape index (κ3) is 6.06. The molecule has 1 aromatic carbocycles. The topological polar surface area (TPSA) is 70.8 Å². The van der Waals surface area contributed by atoms with E-state index in [0.29, 0.717) is 13.2 Å². The van der Waals surface area contributed by atoms with Gasteiger partial charge >= 0.3 is 0 Å². The average Bonchev–Trinajstić information content (AvgIpc) is 3.02. The first kappa shape index (κ1) is 22.4. The Labute approximate surface area is 184 Å². The summed E-state index contributed by atoms with van der Waals surface area (Å²) in [6.45, 7) is 8.12. The summed E-state index contributed by atoms with van der Waals surface area (Å²) in [5, 5.41) is 11.7. The highest BCUT2D eigenvalue weighted by molar-refractivity contribution is 14.0. The number of para-hydroxylation sites is 1. The summed E-state index contributed by atoms with van der Waals surface area (Å²) in [5.74, 6) is 3.66. The highest BCUT2D eigenvalue weighted by Crippen LogP contribution is 2.09. The van der Waals surface area contributed by atoms with Crippen molar-refractivity contribution in [2.75, 3.05) is 46.4 Å². The summed E-state index contributed by atoms with van der Waals surface area (Å²) in [4.78, 5) is 9.14. The summed E-state index contributed by atoms with van der Waals surface area (Å²) < 4.78 is 7.79. The second kappa shape index (κ2) is 11.2. The van der Waals surface area contributed by atoms with Crippen molar-refractivity contribution in [3.05, 3.63) is 42.0 Å². The van der Waals surface area contributed by atoms with Crippen LogP contribution in [0.2, 0.25) is 0 Å². The number of nitrogens with zero attached hydrogens (tertiary/aromatic N) is 6. The van der Waals surface area contributed by atoms with Crippen LogP contribution in [-0.2, 0) is 13.6 Å². The van der Waals surface area contributed by atoms with Crippen LogP contribution in [0.3, 0.4) is 0 Å². The van der Waals surface area contributed by atoms with Crippen molar-refractivity contribution in [1.29, 1.82) is 0 Å². The smallest absolute Gasteiger partial charge is 0.194 e. The molecule has 0 bridgehead atoms. The SMILES string of the molecule is CN=C(NCc1nnc(C)n1C)N1CCN(CCOc2ccccc2)CC1.I. The molecule has 154 valence electrons. The van der Waals surface area contributed by atoms with Crippen molar-refractivity contribution in [1.82, 2.24) is 29.9 Å². The van der Waals surface area contributed by atoms with E-state index in [-0.39, 0.29) is 24.0 Å². The van der Waals surface area contributed by atoms with Gasteiger partial charge in [0.1, 0.15) is 18.2 Å². The summed E-state index contributed by atoms with van der Waals surface area (Å²) in [7, 11) is 3.80. The van der Waals surface area contributed by atoms with Gasteiger partial charge < -0.3 is 19.5 Å². The normalized spacial score (nSPS) is 15.2. The highest BCUT2D eigenvalue weighted by atomic mass is 127. The monoisotopic (exact) mass is 499 g/mol. The zero-order valence-electron chi connectivity index (χ0n) is 16.8. The molecule has 0 unspecified atom stereocenters. The second-order valence-electron chi connectivity index (χ2n) is 6.61. The van der Waals surface area contributed by atoms with E-state index >= 15 is 0 Å². The van der Waals surface area contributed by atoms with E-state index in [1.165, 1.54) is 0 Å². The van der Waals surface area contributed by atoms with Gasteiger partial charge in [0.15, 0.2) is 11.8 Å². The van der Waals surface area contributed by atoms with Gasteiger partial charge in [-0.05, 0) is 19.1 Å². The minimum atomic E-state index is 0. The van der Waals surface area contributed by atoms with Gasteiger partial charge in [0.05, 0.1) is 6.54 Å². The summed E-state index contributed by atoms with van der Waals surface area (Å²) in [5.41, 5.74) is 0. The van der Waals surface area contributed by atoms with Crippen LogP contribution in [0.5, 0.6) is 5.75 Å². The van der Waals surface area contributed by atoms with E-state index in [9.17, 15) is 0 Å². The van der Waals surface area contributed by atoms with Crippen molar-refractivity contribution in [3.8, 4) is 5.75 Å².